The Bertz CT molecular complexity index is 525. The van der Waals surface area contributed by atoms with Gasteiger partial charge >= 0.3 is 0 Å². The number of nitrogens with zero attached hydrogens (tertiary/aromatic N) is 1. The third kappa shape index (κ3) is 3.33. The monoisotopic (exact) mass is 340 g/mol. The number of ether oxygens (including phenoxy) is 1. The summed E-state index contributed by atoms with van der Waals surface area (Å²) >= 11 is 3.35. The predicted molar refractivity (Wildman–Crippen MR) is 83.7 cm³/mol. The van der Waals surface area contributed by atoms with E-state index in [4.69, 9.17) is 10.5 Å². The molecule has 0 bridgehead atoms. The maximum atomic E-state index is 12.7. The molecule has 1 aliphatic rings. The van der Waals surface area contributed by atoms with Crippen LogP contribution in [0.4, 0.5) is 5.69 Å². The van der Waals surface area contributed by atoms with Gasteiger partial charge in [0, 0.05) is 23.2 Å². The van der Waals surface area contributed by atoms with Gasteiger partial charge in [0.25, 0.3) is 5.91 Å². The first kappa shape index (κ1) is 15.3. The van der Waals surface area contributed by atoms with Gasteiger partial charge in [0.15, 0.2) is 0 Å². The molecular formula is C15H21BrN2O2. The van der Waals surface area contributed by atoms with Crippen molar-refractivity contribution in [3.05, 3.63) is 28.2 Å². The molecule has 0 saturated carbocycles. The molecule has 0 unspecified atom stereocenters. The van der Waals surface area contributed by atoms with Crippen LogP contribution in [-0.4, -0.2) is 35.1 Å². The minimum atomic E-state index is -0.360. The van der Waals surface area contributed by atoms with Crippen LogP contribution in [0, 0.1) is 0 Å². The second-order valence-electron chi connectivity index (χ2n) is 6.51. The zero-order chi connectivity index (χ0) is 15.1. The van der Waals surface area contributed by atoms with E-state index in [9.17, 15) is 4.79 Å². The van der Waals surface area contributed by atoms with Crippen molar-refractivity contribution in [1.29, 1.82) is 0 Å². The number of carbonyl (C=O) groups excluding carboxylic acids is 1. The first-order valence-corrected chi connectivity index (χ1v) is 7.43. The van der Waals surface area contributed by atoms with Crippen molar-refractivity contribution in [3.8, 4) is 0 Å². The van der Waals surface area contributed by atoms with Crippen molar-refractivity contribution in [2.45, 2.75) is 38.9 Å². The molecule has 1 saturated heterocycles. The van der Waals surface area contributed by atoms with Crippen molar-refractivity contribution < 1.29 is 9.53 Å². The van der Waals surface area contributed by atoms with Crippen LogP contribution in [-0.2, 0) is 4.74 Å². The number of rotatable bonds is 1. The number of morpholine rings is 1. The van der Waals surface area contributed by atoms with Gasteiger partial charge in [0.2, 0.25) is 0 Å². The van der Waals surface area contributed by atoms with E-state index in [1.54, 1.807) is 12.1 Å². The molecule has 20 heavy (non-hydrogen) atoms. The fraction of sp³-hybridized carbons (Fsp3) is 0.533. The molecule has 1 amide bonds. The van der Waals surface area contributed by atoms with Crippen molar-refractivity contribution in [2.75, 3.05) is 18.8 Å². The molecule has 0 spiro atoms. The highest BCUT2D eigenvalue weighted by atomic mass is 79.9. The van der Waals surface area contributed by atoms with Crippen LogP contribution < -0.4 is 5.73 Å². The Morgan fingerprint density at radius 3 is 2.30 bits per heavy atom. The SMILES string of the molecule is CC1(C)CN(C(=O)c2ccc(Br)cc2N)CC(C)(C)O1. The highest BCUT2D eigenvalue weighted by molar-refractivity contribution is 9.10. The minimum Gasteiger partial charge on any atom is -0.398 e. The number of hydrogen-bond acceptors (Lipinski definition) is 3. The van der Waals surface area contributed by atoms with Crippen molar-refractivity contribution in [1.82, 2.24) is 4.90 Å². The summed E-state index contributed by atoms with van der Waals surface area (Å²) in [6.45, 7) is 9.12. The van der Waals surface area contributed by atoms with Crippen LogP contribution in [0.3, 0.4) is 0 Å². The number of benzene rings is 1. The highest BCUT2D eigenvalue weighted by Gasteiger charge is 2.40. The average Bonchev–Trinajstić information content (AvgIpc) is 2.23. The van der Waals surface area contributed by atoms with Crippen LogP contribution in [0.25, 0.3) is 0 Å². The van der Waals surface area contributed by atoms with Crippen LogP contribution in [0.1, 0.15) is 38.1 Å². The van der Waals surface area contributed by atoms with Gasteiger partial charge < -0.3 is 15.4 Å². The summed E-state index contributed by atoms with van der Waals surface area (Å²) in [6.07, 6.45) is 0. The Hall–Kier alpha value is -1.07. The third-order valence-electron chi connectivity index (χ3n) is 3.23. The van der Waals surface area contributed by atoms with E-state index in [1.165, 1.54) is 0 Å². The smallest absolute Gasteiger partial charge is 0.256 e. The maximum Gasteiger partial charge on any atom is 0.256 e. The minimum absolute atomic E-state index is 0.0422. The Kier molecular flexibility index (Phi) is 3.86. The van der Waals surface area contributed by atoms with Crippen LogP contribution >= 0.6 is 15.9 Å². The zero-order valence-corrected chi connectivity index (χ0v) is 14.0. The van der Waals surface area contributed by atoms with Gasteiger partial charge in [0.1, 0.15) is 0 Å². The van der Waals surface area contributed by atoms with Crippen LogP contribution in [0.5, 0.6) is 0 Å². The van der Waals surface area contributed by atoms with E-state index in [0.717, 1.165) is 4.47 Å². The summed E-state index contributed by atoms with van der Waals surface area (Å²) in [5.74, 6) is -0.0422. The molecule has 4 nitrogen and oxygen atoms in total. The van der Waals surface area contributed by atoms with E-state index in [1.807, 2.05) is 38.7 Å². The second-order valence-corrected chi connectivity index (χ2v) is 7.43. The average molecular weight is 341 g/mol. The van der Waals surface area contributed by atoms with Gasteiger partial charge in [-0.1, -0.05) is 15.9 Å². The number of anilines is 1. The topological polar surface area (TPSA) is 55.6 Å². The van der Waals surface area contributed by atoms with Crippen molar-refractivity contribution in [2.24, 2.45) is 0 Å². The van der Waals surface area contributed by atoms with Crippen LogP contribution in [0.2, 0.25) is 0 Å². The molecular weight excluding hydrogens is 320 g/mol. The molecule has 5 heteroatoms. The molecule has 1 aromatic carbocycles. The van der Waals surface area contributed by atoms with E-state index in [-0.39, 0.29) is 17.1 Å². The predicted octanol–water partition coefficient (Wildman–Crippen LogP) is 3.06. The molecule has 1 fully saturated rings. The summed E-state index contributed by atoms with van der Waals surface area (Å²) in [5, 5.41) is 0. The summed E-state index contributed by atoms with van der Waals surface area (Å²) in [5.41, 5.74) is 6.27. The largest absolute Gasteiger partial charge is 0.398 e. The fourth-order valence-electron chi connectivity index (χ4n) is 2.83. The standard InChI is InChI=1S/C15H21BrN2O2/c1-14(2)8-18(9-15(3,4)20-14)13(19)11-6-5-10(16)7-12(11)17/h5-7H,8-9,17H2,1-4H3. The Labute approximate surface area is 128 Å². The van der Waals surface area contributed by atoms with E-state index in [0.29, 0.717) is 24.3 Å². The number of carbonyl (C=O) groups is 1. The number of nitrogen functional groups attached to an aromatic ring is 1. The van der Waals surface area contributed by atoms with Crippen molar-refractivity contribution in [3.63, 3.8) is 0 Å². The summed E-state index contributed by atoms with van der Waals surface area (Å²) < 4.78 is 6.86. The summed E-state index contributed by atoms with van der Waals surface area (Å²) in [6, 6.07) is 5.35. The number of halogens is 1. The van der Waals surface area contributed by atoms with Crippen molar-refractivity contribution >= 4 is 27.5 Å². The Balaban J connectivity index is 2.28. The number of hydrogen-bond donors (Lipinski definition) is 1. The molecule has 0 aromatic heterocycles. The Morgan fingerprint density at radius 1 is 1.25 bits per heavy atom. The molecule has 110 valence electrons. The maximum absolute atomic E-state index is 12.7. The van der Waals surface area contributed by atoms with Gasteiger partial charge in [-0.15, -0.1) is 0 Å². The van der Waals surface area contributed by atoms with Gasteiger partial charge in [0.05, 0.1) is 16.8 Å². The molecule has 0 aliphatic carbocycles. The number of amides is 1. The first-order chi connectivity index (χ1) is 9.10. The molecule has 1 aliphatic heterocycles. The molecule has 0 atom stereocenters. The summed E-state index contributed by atoms with van der Waals surface area (Å²) in [4.78, 5) is 14.5. The molecule has 1 heterocycles. The normalized spacial score (nSPS) is 20.8. The number of nitrogens with two attached hydrogens (primary N) is 1. The molecule has 0 radical (unpaired) electrons. The van der Waals surface area contributed by atoms with Gasteiger partial charge in [-0.25, -0.2) is 0 Å². The lowest BCUT2D eigenvalue weighted by molar-refractivity contribution is -0.171. The van der Waals surface area contributed by atoms with Crippen LogP contribution in [0.15, 0.2) is 22.7 Å². The molecule has 1 aromatic rings. The lowest BCUT2D eigenvalue weighted by atomic mass is 9.98. The lowest BCUT2D eigenvalue weighted by Crippen LogP contribution is -2.58. The van der Waals surface area contributed by atoms with Gasteiger partial charge in [-0.3, -0.25) is 4.79 Å². The van der Waals surface area contributed by atoms with E-state index in [2.05, 4.69) is 15.9 Å². The van der Waals surface area contributed by atoms with E-state index >= 15 is 0 Å². The molecule has 2 N–H and O–H groups in total. The zero-order valence-electron chi connectivity index (χ0n) is 12.4. The van der Waals surface area contributed by atoms with Gasteiger partial charge in [-0.05, 0) is 45.9 Å². The Morgan fingerprint density at radius 2 is 1.80 bits per heavy atom. The second kappa shape index (κ2) is 5.04. The van der Waals surface area contributed by atoms with E-state index < -0.39 is 0 Å². The lowest BCUT2D eigenvalue weighted by Gasteiger charge is -2.47. The van der Waals surface area contributed by atoms with Gasteiger partial charge in [-0.2, -0.15) is 0 Å². The molecule has 2 rings (SSSR count). The third-order valence-corrected chi connectivity index (χ3v) is 3.72. The summed E-state index contributed by atoms with van der Waals surface area (Å²) in [7, 11) is 0. The quantitative estimate of drug-likeness (QED) is 0.799. The first-order valence-electron chi connectivity index (χ1n) is 6.64. The highest BCUT2D eigenvalue weighted by Crippen LogP contribution is 2.30. The fourth-order valence-corrected chi connectivity index (χ4v) is 3.21.